The first kappa shape index (κ1) is 35.9. The molecule has 0 radical (unpaired) electrons. The minimum atomic E-state index is -5.04. The summed E-state index contributed by atoms with van der Waals surface area (Å²) in [5.74, 6) is -2.91. The Labute approximate surface area is 284 Å². The molecule has 266 valence electrons. The van der Waals surface area contributed by atoms with Gasteiger partial charge < -0.3 is 41.5 Å². The lowest BCUT2D eigenvalue weighted by atomic mass is 9.84. The molecular formula is C28H36N8O11S2. The third-order valence-corrected chi connectivity index (χ3v) is 9.56. The van der Waals surface area contributed by atoms with Gasteiger partial charge in [0.2, 0.25) is 0 Å². The number of benzene rings is 1. The number of β-lactam (4-membered cyclic amide) rings is 1. The quantitative estimate of drug-likeness (QED) is 0.0435. The Morgan fingerprint density at radius 3 is 2.67 bits per heavy atom. The van der Waals surface area contributed by atoms with Gasteiger partial charge in [-0.1, -0.05) is 5.16 Å². The van der Waals surface area contributed by atoms with Crippen LogP contribution in [0.3, 0.4) is 0 Å². The highest BCUT2D eigenvalue weighted by molar-refractivity contribution is 7.80. The van der Waals surface area contributed by atoms with E-state index in [-0.39, 0.29) is 41.8 Å². The molecule has 1 aromatic heterocycles. The first-order chi connectivity index (χ1) is 22.9. The lowest BCUT2D eigenvalue weighted by Crippen LogP contribution is -2.76. The van der Waals surface area contributed by atoms with E-state index in [9.17, 15) is 33.0 Å². The molecule has 3 aliphatic rings. The van der Waals surface area contributed by atoms with Crippen LogP contribution in [0.4, 0.5) is 5.13 Å². The van der Waals surface area contributed by atoms with Crippen LogP contribution in [0, 0.1) is 5.41 Å². The van der Waals surface area contributed by atoms with Gasteiger partial charge in [-0.05, 0) is 63.8 Å². The van der Waals surface area contributed by atoms with Gasteiger partial charge >= 0.3 is 16.4 Å². The molecule has 2 amide bonds. The van der Waals surface area contributed by atoms with Crippen LogP contribution in [0.25, 0.3) is 0 Å². The van der Waals surface area contributed by atoms with E-state index in [1.807, 2.05) is 0 Å². The van der Waals surface area contributed by atoms with E-state index >= 15 is 0 Å². The predicted molar refractivity (Wildman–Crippen MR) is 172 cm³/mol. The highest BCUT2D eigenvalue weighted by Crippen LogP contribution is 2.35. The summed E-state index contributed by atoms with van der Waals surface area (Å²) < 4.78 is 41.7. The number of rotatable bonds is 12. The number of anilines is 1. The molecule has 2 fully saturated rings. The zero-order valence-electron chi connectivity index (χ0n) is 26.5. The van der Waals surface area contributed by atoms with Gasteiger partial charge in [-0.15, -0.1) is 15.6 Å². The number of hydroxylamine groups is 2. The Balaban J connectivity index is 1.32. The highest BCUT2D eigenvalue weighted by Gasteiger charge is 2.58. The molecular weight excluding hydrogens is 688 g/mol. The maximum absolute atomic E-state index is 13.4. The van der Waals surface area contributed by atoms with Gasteiger partial charge in [-0.3, -0.25) is 19.6 Å². The summed E-state index contributed by atoms with van der Waals surface area (Å²) in [4.78, 5) is 48.3. The molecule has 5 atom stereocenters. The minimum Gasteiger partial charge on any atom is -0.485 e. The van der Waals surface area contributed by atoms with Gasteiger partial charge in [-0.25, -0.2) is 9.78 Å². The lowest BCUT2D eigenvalue weighted by molar-refractivity contribution is -0.218. The van der Waals surface area contributed by atoms with Crippen LogP contribution in [-0.2, 0) is 40.3 Å². The van der Waals surface area contributed by atoms with Crippen molar-refractivity contribution in [3.8, 4) is 5.75 Å². The number of amides is 2. The number of ether oxygens (including phenoxy) is 1. The third kappa shape index (κ3) is 7.45. The lowest BCUT2D eigenvalue weighted by Gasteiger charge is -2.50. The molecule has 9 N–H and O–H groups in total. The number of aryl methyl sites for hydroxylation is 1. The van der Waals surface area contributed by atoms with Crippen molar-refractivity contribution in [3.63, 3.8) is 0 Å². The second-order valence-corrected chi connectivity index (χ2v) is 14.3. The molecule has 1 aromatic carbocycles. The van der Waals surface area contributed by atoms with Gasteiger partial charge in [0.1, 0.15) is 23.3 Å². The van der Waals surface area contributed by atoms with Gasteiger partial charge in [0.15, 0.2) is 16.9 Å². The number of hydrogen-bond donors (Lipinski definition) is 8. The average molecular weight is 725 g/mol. The number of carbonyl (C=O) groups excluding carboxylic acids is 2. The third-order valence-electron chi connectivity index (χ3n) is 8.55. The summed E-state index contributed by atoms with van der Waals surface area (Å²) in [5.41, 5.74) is 2.89. The zero-order chi connectivity index (χ0) is 35.9. The number of fused-ring (bicyclic) bond motifs is 1. The van der Waals surface area contributed by atoms with E-state index < -0.39 is 57.2 Å². The van der Waals surface area contributed by atoms with Crippen LogP contribution in [0.2, 0.25) is 0 Å². The van der Waals surface area contributed by atoms with Crippen LogP contribution in [-0.4, -0.2) is 111 Å². The first-order valence-corrected chi connectivity index (χ1v) is 17.2. The Morgan fingerprint density at radius 2 is 2.08 bits per heavy atom. The molecule has 3 aliphatic heterocycles. The Morgan fingerprint density at radius 1 is 1.35 bits per heavy atom. The number of aromatic nitrogens is 1. The van der Waals surface area contributed by atoms with Crippen LogP contribution >= 0.6 is 11.3 Å². The molecule has 2 aromatic rings. The normalized spacial score (nSPS) is 24.6. The van der Waals surface area contributed by atoms with Gasteiger partial charge in [-0.2, -0.15) is 13.5 Å². The number of carboxylic acid groups (broad SMARTS) is 1. The van der Waals surface area contributed by atoms with Crippen molar-refractivity contribution in [1.82, 2.24) is 26.0 Å². The van der Waals surface area contributed by atoms with Crippen molar-refractivity contribution in [3.05, 3.63) is 40.4 Å². The number of nitrogens with zero attached hydrogens (tertiary/aromatic N) is 3. The van der Waals surface area contributed by atoms with Crippen LogP contribution < -0.4 is 26.4 Å². The fourth-order valence-corrected chi connectivity index (χ4v) is 6.69. The molecule has 2 saturated heterocycles. The predicted octanol–water partition coefficient (Wildman–Crippen LogP) is -0.839. The second kappa shape index (κ2) is 13.5. The van der Waals surface area contributed by atoms with E-state index in [2.05, 4.69) is 30.4 Å². The molecule has 4 heterocycles. The van der Waals surface area contributed by atoms with E-state index in [1.54, 1.807) is 18.2 Å². The van der Waals surface area contributed by atoms with Crippen molar-refractivity contribution >= 4 is 56.2 Å². The maximum Gasteiger partial charge on any atom is 0.418 e. The average Bonchev–Trinajstić information content (AvgIpc) is 3.69. The fraction of sp³-hybridized carbons (Fsp3) is 0.500. The topological polar surface area (TPSA) is 288 Å². The molecule has 5 rings (SSSR count). The molecule has 19 nitrogen and oxygen atoms in total. The molecule has 21 heteroatoms. The van der Waals surface area contributed by atoms with Crippen molar-refractivity contribution in [1.29, 1.82) is 5.41 Å². The molecule has 0 bridgehead atoms. The van der Waals surface area contributed by atoms with E-state index in [0.717, 1.165) is 16.9 Å². The van der Waals surface area contributed by atoms with Crippen LogP contribution in [0.1, 0.15) is 50.4 Å². The number of hydrogen-bond acceptors (Lipinski definition) is 15. The van der Waals surface area contributed by atoms with Crippen LogP contribution in [0.15, 0.2) is 28.7 Å². The number of nitrogens with two attached hydrogens (primary N) is 1. The second-order valence-electron chi connectivity index (χ2n) is 12.4. The fourth-order valence-electron chi connectivity index (χ4n) is 5.68. The summed E-state index contributed by atoms with van der Waals surface area (Å²) in [6.07, 6.45) is 0.115. The number of thiazole rings is 1. The van der Waals surface area contributed by atoms with Crippen molar-refractivity contribution in [2.75, 3.05) is 18.9 Å². The Kier molecular flexibility index (Phi) is 9.87. The molecule has 49 heavy (non-hydrogen) atoms. The Bertz CT molecular complexity index is 1800. The first-order valence-electron chi connectivity index (χ1n) is 14.9. The number of aliphatic hydroxyl groups excluding tert-OH is 1. The van der Waals surface area contributed by atoms with E-state index in [1.165, 1.54) is 26.2 Å². The van der Waals surface area contributed by atoms with Crippen molar-refractivity contribution in [2.45, 2.75) is 75.4 Å². The largest absolute Gasteiger partial charge is 0.485 e. The summed E-state index contributed by atoms with van der Waals surface area (Å²) in [6.45, 7) is 4.58. The van der Waals surface area contributed by atoms with Crippen molar-refractivity contribution < 1.29 is 51.4 Å². The van der Waals surface area contributed by atoms with Gasteiger partial charge in [0.25, 0.3) is 17.4 Å². The Hall–Kier alpha value is -4.41. The summed E-state index contributed by atoms with van der Waals surface area (Å²) >= 11 is 0.956. The van der Waals surface area contributed by atoms with Crippen molar-refractivity contribution in [2.24, 2.45) is 5.16 Å². The standard InChI is InChI=1S/C28H36N8O11S2/c1-27(2)21(24(39)36(27)47-49(42,43)44)34-23(38)20(17-12-48-26(30)33-17)35-46-28(3,25(40)41)19-7-5-13-8-14(4-6-18(13)45-19)22(29)32-15-9-16(11-37)31-10-15/h4,6,8,12,15-16,19,21,31,37H,5,7,9-11H2,1-3H3,(H2,29,32)(H2,30,33)(H,34,38)(H,40,41)(H,42,43,44)/b35-20-/t15-,16-,19+,21+,28?/m0/s1. The van der Waals surface area contributed by atoms with Gasteiger partial charge in [0, 0.05) is 29.6 Å². The molecule has 0 saturated carbocycles. The number of aliphatic hydroxyl groups is 1. The minimum absolute atomic E-state index is 0.0116. The van der Waals surface area contributed by atoms with E-state index in [4.69, 9.17) is 25.3 Å². The van der Waals surface area contributed by atoms with Crippen LogP contribution in [0.5, 0.6) is 5.75 Å². The zero-order valence-corrected chi connectivity index (χ0v) is 28.1. The monoisotopic (exact) mass is 724 g/mol. The van der Waals surface area contributed by atoms with Gasteiger partial charge in [0.05, 0.1) is 12.1 Å². The summed E-state index contributed by atoms with van der Waals surface area (Å²) in [7, 11) is -5.04. The number of amidine groups is 1. The smallest absolute Gasteiger partial charge is 0.418 e. The summed E-state index contributed by atoms with van der Waals surface area (Å²) in [6, 6.07) is 3.69. The molecule has 0 spiro atoms. The number of nitrogens with one attached hydrogen (secondary N) is 4. The highest BCUT2D eigenvalue weighted by atomic mass is 32.3. The number of oxime groups is 1. The number of carboxylic acids is 1. The SMILES string of the molecule is CC(O/N=C(\C(=O)N[C@@H]1C(=O)N(OS(=O)(=O)O)C1(C)C)c1csc(N)n1)(C(=O)O)[C@H]1CCc2cc(C(=N)N[C@@H]3CN[C@H](CO)C3)ccc2O1. The molecule has 0 aliphatic carbocycles. The number of aliphatic carboxylic acids is 1. The summed E-state index contributed by atoms with van der Waals surface area (Å²) in [5, 5.41) is 42.5. The maximum atomic E-state index is 13.4. The van der Waals surface area contributed by atoms with E-state index in [0.29, 0.717) is 35.8 Å². The number of nitrogen functional groups attached to an aromatic ring is 1. The number of carbonyl (C=O) groups is 3. The molecule has 1 unspecified atom stereocenters.